The molecule has 0 atom stereocenters. The normalized spacial score (nSPS) is 10.9. The zero-order valence-electron chi connectivity index (χ0n) is 71.4. The van der Waals surface area contributed by atoms with Crippen LogP contribution < -0.4 is 5.73 Å². The molecule has 15 aromatic rings. The minimum absolute atomic E-state index is 0.175. The maximum absolute atomic E-state index is 12.6. The number of halogens is 4. The molecule has 3 N–H and O–H groups in total. The minimum atomic E-state index is -2.95. The van der Waals surface area contributed by atoms with E-state index in [0.29, 0.717) is 81.8 Å². The van der Waals surface area contributed by atoms with Crippen LogP contribution in [0.5, 0.6) is 0 Å². The molecule has 0 spiro atoms. The van der Waals surface area contributed by atoms with Crippen LogP contribution in [0.25, 0.3) is 115 Å². The number of nitrogens with zero attached hydrogens (tertiary/aromatic N) is 14. The first-order valence-corrected chi connectivity index (χ1v) is 61.3. The van der Waals surface area contributed by atoms with Crippen molar-refractivity contribution in [3.05, 3.63) is 231 Å². The van der Waals surface area contributed by atoms with Crippen molar-refractivity contribution in [2.24, 2.45) is 5.73 Å². The SMILES string of the molecule is COCCCc1cc(Br)ccc1[N+](=O)[O-].COCCN.COCCn1c(-c2cn(COCC[Si](C)C)c(-c3ccc4scnc4c3)n2)nc2ccc(Br)cc21.C[Si](C)(C)CCOCn1cc(C=O)nc1-c1ccc2scnc2c1.O=S(=O)=S(=O)=O.O=[N+]([O-])c1ccc(Br)cc1F.[C-]#[N+]c1ccc2nc(-c3cnc(-c4ccc5sccc5c4)[nH]3)n(CCOC)c2c1.[Na][Na]. The van der Waals surface area contributed by atoms with Crippen molar-refractivity contribution in [2.45, 2.75) is 84.2 Å². The molecule has 0 saturated carbocycles. The molecule has 0 unspecified atom stereocenters. The Bertz CT molecular complexity index is 6460. The van der Waals surface area contributed by atoms with E-state index in [1.807, 2.05) is 70.4 Å². The van der Waals surface area contributed by atoms with Gasteiger partial charge < -0.3 is 57.4 Å². The van der Waals surface area contributed by atoms with Gasteiger partial charge in [-0.1, -0.05) is 86.6 Å². The number of thiazole rings is 2. The number of aromatic amines is 1. The molecular formula is C83H89Br3FN16Na2O15S5Si2. The van der Waals surface area contributed by atoms with E-state index < -0.39 is 43.0 Å². The number of hydrogen-bond acceptors (Lipinski definition) is 26. The van der Waals surface area contributed by atoms with Crippen LogP contribution in [0, 0.1) is 32.6 Å². The molecule has 659 valence electrons. The molecular weight excluding hydrogens is 1980 g/mol. The van der Waals surface area contributed by atoms with Gasteiger partial charge in [0.25, 0.3) is 5.69 Å². The number of H-pyrrole nitrogens is 1. The number of rotatable bonds is 30. The van der Waals surface area contributed by atoms with Gasteiger partial charge in [0, 0.05) is 150 Å². The third-order valence-corrected chi connectivity index (χ3v) is 25.8. The molecule has 0 bridgehead atoms. The number of carbonyl (C=O) groups excluding carboxylic acids is 1. The fourth-order valence-electron chi connectivity index (χ4n) is 11.9. The summed E-state index contributed by atoms with van der Waals surface area (Å²) in [5, 5.41) is 24.1. The number of carbonyl (C=O) groups is 1. The number of nitrogens with one attached hydrogen (secondary N) is 1. The number of ether oxygens (including phenoxy) is 6. The number of aldehydes is 1. The number of imidazole rings is 5. The summed E-state index contributed by atoms with van der Waals surface area (Å²) < 4.78 is 95.2. The predicted molar refractivity (Wildman–Crippen MR) is 516 cm³/mol. The zero-order valence-corrected chi connectivity index (χ0v) is 86.2. The van der Waals surface area contributed by atoms with Gasteiger partial charge in [-0.05, 0) is 151 Å². The number of benzene rings is 7. The summed E-state index contributed by atoms with van der Waals surface area (Å²) in [5.41, 5.74) is 20.4. The van der Waals surface area contributed by atoms with Crippen molar-refractivity contribution < 1.29 is 64.3 Å². The molecule has 8 heterocycles. The summed E-state index contributed by atoms with van der Waals surface area (Å²) >= 11 is 17.7. The standard InChI is InChI=1S/C25H27BrN5O2SSi.C22H17N5OS.C17H21N3O2SSi.C10H12BrNO3.C6H3BrFNO2.C3H9NO.2Na.O4S2/c1-32-9-8-31-22-13-18(26)5-6-19(22)28-25(31)21-14-30(16-33-10-11-35(2)3)24(29-21)17-4-7-23-20(12-17)27-15-34-23;1-23-16-4-5-17-19(12-16)27(8-9-28-2)22(26-17)18-13-24-21(25-18)15-3-6-20-14(11-15)7-10-29-20;1-24(2,3)7-6-22-12-20-9-14(10-21)19-17(20)13-4-5-16-15(8-13)18-11-23-16;1-15-6-2-3-8-7-9(11)4-5-10(8)12(13)14;7-4-1-2-6(9(10)11)5(8)3-4;1-5-3-2-4;;;1-5(2)6(3)4/h4-7,12-15H,8-11,16H2,1-3H3;3-7,10-13H,8-9H2,2H3,(H,24,25);4-5,8-11H,6-7,12H2,1-3H3;4-5,7H,2-3,6H2,1H3;1-3H;2-4H2,1H3;;;. The Morgan fingerprint density at radius 1 is 0.606 bits per heavy atom. The summed E-state index contributed by atoms with van der Waals surface area (Å²) in [5.74, 6) is 3.16. The predicted octanol–water partition coefficient (Wildman–Crippen LogP) is 19.0. The van der Waals surface area contributed by atoms with E-state index in [1.54, 1.807) is 86.8 Å². The number of thiophene rings is 1. The van der Waals surface area contributed by atoms with Gasteiger partial charge >= 0.3 is 67.8 Å². The fourth-order valence-corrected chi connectivity index (χ4v) is 16.4. The third kappa shape index (κ3) is 31.6. The first kappa shape index (κ1) is 104. The van der Waals surface area contributed by atoms with Crippen molar-refractivity contribution in [1.82, 2.24) is 58.1 Å². The summed E-state index contributed by atoms with van der Waals surface area (Å²) in [7, 11) is -0.689. The Kier molecular flexibility index (Phi) is 43.8. The van der Waals surface area contributed by atoms with Gasteiger partial charge in [0.1, 0.15) is 48.0 Å². The molecule has 31 nitrogen and oxygen atoms in total. The number of hydrogen-bond donors (Lipinski definition) is 2. The average molecular weight is 2070 g/mol. The molecule has 0 aliphatic rings. The Morgan fingerprint density at radius 3 is 1.72 bits per heavy atom. The summed E-state index contributed by atoms with van der Waals surface area (Å²) in [6.45, 7) is 25.6. The molecule has 44 heteroatoms. The fraction of sp³-hybridized carbons (Fsp3) is 0.289. The number of nitrogens with two attached hydrogens (primary N) is 1. The van der Waals surface area contributed by atoms with Crippen molar-refractivity contribution >= 4 is 237 Å². The van der Waals surface area contributed by atoms with Gasteiger partial charge in [-0.25, -0.2) is 39.7 Å². The van der Waals surface area contributed by atoms with Crippen molar-refractivity contribution in [1.29, 1.82) is 0 Å². The maximum atomic E-state index is 12.6. The molecule has 1 radical (unpaired) electrons. The van der Waals surface area contributed by atoms with E-state index in [-0.39, 0.29) is 19.4 Å². The van der Waals surface area contributed by atoms with E-state index >= 15 is 0 Å². The second-order valence-corrected chi connectivity index (χ2v) is 44.9. The van der Waals surface area contributed by atoms with Crippen LogP contribution in [-0.2, 0) is 79.9 Å². The van der Waals surface area contributed by atoms with E-state index in [4.69, 9.17) is 67.8 Å². The van der Waals surface area contributed by atoms with Gasteiger partial charge in [-0.2, -0.15) is 21.2 Å². The van der Waals surface area contributed by atoms with Crippen LogP contribution in [0.1, 0.15) is 22.5 Å². The van der Waals surface area contributed by atoms with E-state index in [9.17, 15) is 29.4 Å². The van der Waals surface area contributed by atoms with Crippen molar-refractivity contribution in [3.8, 4) is 57.2 Å². The van der Waals surface area contributed by atoms with Gasteiger partial charge in [0.15, 0.2) is 23.6 Å². The molecule has 0 aliphatic carbocycles. The third-order valence-electron chi connectivity index (χ3n) is 18.0. The first-order valence-electron chi connectivity index (χ1n) is 39.2. The number of fused-ring (bicyclic) bond motifs is 5. The zero-order chi connectivity index (χ0) is 92.3. The molecule has 0 saturated heterocycles. The molecule has 7 aromatic carbocycles. The monoisotopic (exact) mass is 2070 g/mol. The summed E-state index contributed by atoms with van der Waals surface area (Å²) in [6, 6.07) is 43.3. The van der Waals surface area contributed by atoms with Crippen molar-refractivity contribution in [3.63, 3.8) is 0 Å². The van der Waals surface area contributed by atoms with E-state index in [2.05, 4.69) is 183 Å². The molecule has 127 heavy (non-hydrogen) atoms. The molecule has 8 aromatic heterocycles. The average Bonchev–Trinajstić information content (AvgIpc) is 1.65. The quantitative estimate of drug-likeness (QED) is 0.0105. The number of methoxy groups -OCH3 is 4. The van der Waals surface area contributed by atoms with E-state index in [1.165, 1.54) is 65.8 Å². The Morgan fingerprint density at radius 2 is 1.15 bits per heavy atom. The molecule has 0 fully saturated rings. The number of aromatic nitrogens is 12. The molecule has 15 rings (SSSR count). The van der Waals surface area contributed by atoms with Crippen LogP contribution >= 0.6 is 81.8 Å². The van der Waals surface area contributed by atoms with Gasteiger partial charge in [-0.3, -0.25) is 25.0 Å². The Balaban J connectivity index is 0.000000197. The van der Waals surface area contributed by atoms with Gasteiger partial charge in [-0.15, -0.1) is 34.0 Å². The van der Waals surface area contributed by atoms with Crippen LogP contribution in [0.15, 0.2) is 182 Å². The van der Waals surface area contributed by atoms with Gasteiger partial charge in [0.05, 0.1) is 96.0 Å². The van der Waals surface area contributed by atoms with Gasteiger partial charge in [0.2, 0.25) is 5.82 Å². The van der Waals surface area contributed by atoms with Crippen LogP contribution in [-0.4, -0.2) is 226 Å². The Hall–Kier alpha value is -8.03. The first-order chi connectivity index (χ1) is 61.1. The van der Waals surface area contributed by atoms with Crippen LogP contribution in [0.3, 0.4) is 0 Å². The number of aryl methyl sites for hydroxylation is 1. The van der Waals surface area contributed by atoms with Crippen LogP contribution in [0.2, 0.25) is 44.8 Å². The summed E-state index contributed by atoms with van der Waals surface area (Å²) in [6.07, 6.45) is 7.81. The topological polar surface area (TPSA) is 383 Å². The van der Waals surface area contributed by atoms with Crippen molar-refractivity contribution in [2.75, 3.05) is 74.6 Å². The molecule has 0 aliphatic heterocycles. The second kappa shape index (κ2) is 53.3. The summed E-state index contributed by atoms with van der Waals surface area (Å²) in [4.78, 5) is 70.4. The number of nitro groups is 2. The molecule has 0 amide bonds. The van der Waals surface area contributed by atoms with Crippen LogP contribution in [0.4, 0.5) is 21.5 Å². The second-order valence-electron chi connectivity index (χ2n) is 28.5. The Labute approximate surface area is 803 Å². The van der Waals surface area contributed by atoms with E-state index in [0.717, 1.165) is 164 Å². The number of nitro benzene ring substituents is 2.